The Balaban J connectivity index is 1.64. The van der Waals surface area contributed by atoms with Crippen LogP contribution in [-0.2, 0) is 0 Å². The highest BCUT2D eigenvalue weighted by Gasteiger charge is 2.44. The molecule has 4 aliphatic carbocycles. The molecule has 0 aromatic rings. The predicted molar refractivity (Wildman–Crippen MR) is 71.7 cm³/mol. The Bertz CT molecular complexity index is 373. The molecule has 2 saturated carbocycles. The minimum Gasteiger partial charge on any atom is -0.0841 e. The van der Waals surface area contributed by atoms with Gasteiger partial charge in [-0.3, -0.25) is 0 Å². The van der Waals surface area contributed by atoms with Crippen LogP contribution in [0.5, 0.6) is 0 Å². The van der Waals surface area contributed by atoms with Gasteiger partial charge in [0.25, 0.3) is 0 Å². The number of hydrogen-bond acceptors (Lipinski definition) is 0. The van der Waals surface area contributed by atoms with Crippen LogP contribution >= 0.6 is 0 Å². The van der Waals surface area contributed by atoms with Crippen LogP contribution in [0, 0.1) is 23.7 Å². The third-order valence-corrected chi connectivity index (χ3v) is 6.18. The average molecular weight is 228 g/mol. The summed E-state index contributed by atoms with van der Waals surface area (Å²) in [6.45, 7) is 0. The predicted octanol–water partition coefficient (Wildman–Crippen LogP) is 4.87. The summed E-state index contributed by atoms with van der Waals surface area (Å²) in [6.07, 6.45) is 18.1. The van der Waals surface area contributed by atoms with Crippen LogP contribution in [0.4, 0.5) is 0 Å². The van der Waals surface area contributed by atoms with Gasteiger partial charge in [0.15, 0.2) is 0 Å². The molecule has 0 heteroatoms. The molecule has 0 radical (unpaired) electrons. The molecule has 0 aliphatic heterocycles. The lowest BCUT2D eigenvalue weighted by Gasteiger charge is -2.45. The van der Waals surface area contributed by atoms with E-state index in [0.717, 1.165) is 23.7 Å². The van der Waals surface area contributed by atoms with Crippen molar-refractivity contribution >= 4 is 0 Å². The van der Waals surface area contributed by atoms with Gasteiger partial charge in [0.2, 0.25) is 0 Å². The maximum atomic E-state index is 2.43. The molecule has 2 fully saturated rings. The van der Waals surface area contributed by atoms with E-state index in [2.05, 4.69) is 12.2 Å². The van der Waals surface area contributed by atoms with Crippen molar-refractivity contribution in [1.29, 1.82) is 0 Å². The highest BCUT2D eigenvalue weighted by molar-refractivity contribution is 5.30. The maximum absolute atomic E-state index is 2.43. The first-order chi connectivity index (χ1) is 8.43. The molecule has 92 valence electrons. The van der Waals surface area contributed by atoms with Gasteiger partial charge < -0.3 is 0 Å². The molecule has 4 rings (SSSR count). The summed E-state index contributed by atoms with van der Waals surface area (Å²) in [4.78, 5) is 0. The molecule has 0 bridgehead atoms. The van der Waals surface area contributed by atoms with Gasteiger partial charge in [-0.1, -0.05) is 36.1 Å². The molecular formula is C17H24. The van der Waals surface area contributed by atoms with E-state index in [1.54, 1.807) is 19.3 Å². The maximum Gasteiger partial charge on any atom is -0.0133 e. The molecular weight excluding hydrogens is 204 g/mol. The lowest BCUT2D eigenvalue weighted by Crippen LogP contribution is -2.35. The molecule has 0 spiro atoms. The Kier molecular flexibility index (Phi) is 2.45. The third kappa shape index (κ3) is 1.56. The summed E-state index contributed by atoms with van der Waals surface area (Å²) >= 11 is 0. The molecule has 0 nitrogen and oxygen atoms in total. The molecule has 4 atom stereocenters. The Morgan fingerprint density at radius 2 is 1.76 bits per heavy atom. The van der Waals surface area contributed by atoms with Gasteiger partial charge in [-0.25, -0.2) is 0 Å². The summed E-state index contributed by atoms with van der Waals surface area (Å²) in [6, 6.07) is 0. The zero-order chi connectivity index (χ0) is 11.2. The minimum absolute atomic E-state index is 1.00. The zero-order valence-electron chi connectivity index (χ0n) is 10.8. The van der Waals surface area contributed by atoms with Gasteiger partial charge in [-0.15, -0.1) is 0 Å². The summed E-state index contributed by atoms with van der Waals surface area (Å²) < 4.78 is 0. The fourth-order valence-electron chi connectivity index (χ4n) is 5.47. The first kappa shape index (κ1) is 10.4. The van der Waals surface area contributed by atoms with Gasteiger partial charge in [-0.2, -0.15) is 0 Å². The Morgan fingerprint density at radius 3 is 2.76 bits per heavy atom. The van der Waals surface area contributed by atoms with E-state index in [1.165, 1.54) is 38.5 Å². The fraction of sp³-hybridized carbons (Fsp3) is 0.765. The minimum atomic E-state index is 1.00. The normalized spacial score (nSPS) is 44.2. The Morgan fingerprint density at radius 1 is 0.824 bits per heavy atom. The summed E-state index contributed by atoms with van der Waals surface area (Å²) in [7, 11) is 0. The lowest BCUT2D eigenvalue weighted by molar-refractivity contribution is 0.113. The van der Waals surface area contributed by atoms with Crippen molar-refractivity contribution in [3.63, 3.8) is 0 Å². The van der Waals surface area contributed by atoms with Crippen molar-refractivity contribution in [2.75, 3.05) is 0 Å². The van der Waals surface area contributed by atoms with Crippen LogP contribution in [0.3, 0.4) is 0 Å². The van der Waals surface area contributed by atoms with Crippen molar-refractivity contribution in [2.45, 2.75) is 57.8 Å². The molecule has 0 saturated heterocycles. The van der Waals surface area contributed by atoms with E-state index >= 15 is 0 Å². The molecule has 0 aromatic carbocycles. The molecule has 0 unspecified atom stereocenters. The zero-order valence-corrected chi connectivity index (χ0v) is 10.8. The molecule has 0 heterocycles. The summed E-state index contributed by atoms with van der Waals surface area (Å²) in [5, 5.41) is 0. The van der Waals surface area contributed by atoms with Crippen LogP contribution in [-0.4, -0.2) is 0 Å². The largest absolute Gasteiger partial charge is 0.0841 e. The highest BCUT2D eigenvalue weighted by Crippen LogP contribution is 2.55. The summed E-state index contributed by atoms with van der Waals surface area (Å²) in [5.74, 6) is 4.33. The Hall–Kier alpha value is -0.520. The summed E-state index contributed by atoms with van der Waals surface area (Å²) in [5.41, 5.74) is 3.74. The van der Waals surface area contributed by atoms with Gasteiger partial charge in [0.1, 0.15) is 0 Å². The van der Waals surface area contributed by atoms with Gasteiger partial charge in [0, 0.05) is 0 Å². The number of fused-ring (bicyclic) bond motifs is 4. The van der Waals surface area contributed by atoms with E-state index < -0.39 is 0 Å². The lowest BCUT2D eigenvalue weighted by atomic mass is 9.59. The second-order valence-electron chi connectivity index (χ2n) is 6.75. The van der Waals surface area contributed by atoms with Crippen molar-refractivity contribution < 1.29 is 0 Å². The van der Waals surface area contributed by atoms with Crippen LogP contribution in [0.15, 0.2) is 23.3 Å². The third-order valence-electron chi connectivity index (χ3n) is 6.18. The van der Waals surface area contributed by atoms with Gasteiger partial charge in [0.05, 0.1) is 0 Å². The molecule has 0 amide bonds. The van der Waals surface area contributed by atoms with Crippen LogP contribution < -0.4 is 0 Å². The Labute approximate surface area is 105 Å². The SMILES string of the molecule is C1=CCC2=C(C1)CC[C@H]1[C@@H]3CCC[C@H]3CC[C@H]21. The molecule has 0 N–H and O–H groups in total. The topological polar surface area (TPSA) is 0 Å². The van der Waals surface area contributed by atoms with Crippen molar-refractivity contribution in [2.24, 2.45) is 23.7 Å². The van der Waals surface area contributed by atoms with E-state index in [0.29, 0.717) is 0 Å². The number of allylic oxidation sites excluding steroid dienone is 4. The van der Waals surface area contributed by atoms with Crippen LogP contribution in [0.2, 0.25) is 0 Å². The fourth-order valence-corrected chi connectivity index (χ4v) is 5.47. The van der Waals surface area contributed by atoms with Crippen molar-refractivity contribution in [1.82, 2.24) is 0 Å². The van der Waals surface area contributed by atoms with Crippen LogP contribution in [0.1, 0.15) is 57.8 Å². The second-order valence-corrected chi connectivity index (χ2v) is 6.75. The number of rotatable bonds is 0. The van der Waals surface area contributed by atoms with Crippen molar-refractivity contribution in [3.8, 4) is 0 Å². The van der Waals surface area contributed by atoms with Gasteiger partial charge in [-0.05, 0) is 68.6 Å². The standard InChI is InChI=1S/C17H24/c1-2-6-14-12(4-1)8-10-17-15-7-3-5-13(15)9-11-16(14)17/h1-2,13,15-17H,3-11H2/t13-,15+,16+,17-/m0/s1. The molecule has 17 heavy (non-hydrogen) atoms. The highest BCUT2D eigenvalue weighted by atomic mass is 14.5. The number of hydrogen-bond donors (Lipinski definition) is 0. The molecule has 0 aromatic heterocycles. The quantitative estimate of drug-likeness (QED) is 0.519. The van der Waals surface area contributed by atoms with E-state index in [1.807, 2.05) is 11.1 Å². The van der Waals surface area contributed by atoms with Gasteiger partial charge >= 0.3 is 0 Å². The smallest absolute Gasteiger partial charge is 0.0133 e. The molecule has 4 aliphatic rings. The van der Waals surface area contributed by atoms with Crippen LogP contribution in [0.25, 0.3) is 0 Å². The first-order valence-corrected chi connectivity index (χ1v) is 7.79. The van der Waals surface area contributed by atoms with E-state index in [4.69, 9.17) is 0 Å². The second kappa shape index (κ2) is 4.00. The van der Waals surface area contributed by atoms with E-state index in [9.17, 15) is 0 Å². The monoisotopic (exact) mass is 228 g/mol. The first-order valence-electron chi connectivity index (χ1n) is 7.79. The average Bonchev–Trinajstić information content (AvgIpc) is 2.86. The van der Waals surface area contributed by atoms with E-state index in [-0.39, 0.29) is 0 Å². The van der Waals surface area contributed by atoms with Crippen molar-refractivity contribution in [3.05, 3.63) is 23.3 Å².